The molecule has 0 fully saturated rings. The van der Waals surface area contributed by atoms with E-state index >= 15 is 0 Å². The van der Waals surface area contributed by atoms with Crippen LogP contribution in [-0.4, -0.2) is 14.0 Å². The zero-order valence-electron chi connectivity index (χ0n) is 39.4. The molecule has 5 heteroatoms. The number of rotatable bonds is 6. The third kappa shape index (κ3) is 5.53. The lowest BCUT2D eigenvalue weighted by Gasteiger charge is -2.32. The molecular formula is C68H42N4O. The summed E-state index contributed by atoms with van der Waals surface area (Å²) in [5, 5.41) is 2.25. The molecule has 0 amide bonds. The molecule has 2 aliphatic carbocycles. The van der Waals surface area contributed by atoms with Crippen molar-refractivity contribution in [1.82, 2.24) is 14.0 Å². The minimum absolute atomic E-state index is 0.463. The fourth-order valence-corrected chi connectivity index (χ4v) is 12.7. The van der Waals surface area contributed by atoms with Gasteiger partial charge in [-0.15, -0.1) is 0 Å². The molecule has 73 heavy (non-hydrogen) atoms. The number of nitrogens with zero attached hydrogens (tertiary/aromatic N) is 4. The molecule has 0 aliphatic heterocycles. The van der Waals surface area contributed by atoms with Crippen molar-refractivity contribution in [2.45, 2.75) is 5.41 Å². The minimum Gasteiger partial charge on any atom is -0.455 e. The van der Waals surface area contributed by atoms with Crippen molar-refractivity contribution >= 4 is 66.8 Å². The number of para-hydroxylation sites is 6. The van der Waals surface area contributed by atoms with E-state index in [4.69, 9.17) is 9.40 Å². The maximum atomic E-state index is 6.54. The van der Waals surface area contributed by atoms with Crippen LogP contribution in [0.4, 0.5) is 17.1 Å². The van der Waals surface area contributed by atoms with Crippen molar-refractivity contribution in [3.63, 3.8) is 0 Å². The molecule has 0 saturated heterocycles. The number of hydrogen-bond acceptors (Lipinski definition) is 3. The minimum atomic E-state index is -0.463. The van der Waals surface area contributed by atoms with Gasteiger partial charge in [0.15, 0.2) is 0 Å². The van der Waals surface area contributed by atoms with Crippen molar-refractivity contribution in [3.8, 4) is 50.2 Å². The van der Waals surface area contributed by atoms with Crippen LogP contribution in [0.1, 0.15) is 22.3 Å². The molecule has 14 aromatic rings. The fraction of sp³-hybridized carbons (Fsp3) is 0.0147. The smallest absolute Gasteiger partial charge is 0.220 e. The van der Waals surface area contributed by atoms with Crippen LogP contribution in [0.25, 0.3) is 100.0 Å². The highest BCUT2D eigenvalue weighted by molar-refractivity contribution is 6.10. The Morgan fingerprint density at radius 3 is 1.63 bits per heavy atom. The Labute approximate surface area is 420 Å². The molecule has 5 nitrogen and oxygen atoms in total. The molecule has 0 N–H and O–H groups in total. The number of fused-ring (bicyclic) bond motifs is 18. The number of aromatic nitrogens is 3. The summed E-state index contributed by atoms with van der Waals surface area (Å²) in [6.07, 6.45) is 0. The van der Waals surface area contributed by atoms with E-state index < -0.39 is 5.41 Å². The van der Waals surface area contributed by atoms with Crippen LogP contribution in [0.5, 0.6) is 0 Å². The van der Waals surface area contributed by atoms with Gasteiger partial charge in [0.1, 0.15) is 11.2 Å². The normalized spacial score (nSPS) is 13.0. The van der Waals surface area contributed by atoms with Gasteiger partial charge < -0.3 is 9.32 Å². The SMILES string of the molecule is c1ccc2c(c1)-c1ccccc1C21c2ccccc2-c2c(N(c3ccc(-c4ccc(-n5c6ccccc6n6c7ccccc7nc56)cc4)cc3)c3ccc(-c4cccc5c4oc4ccccc45)cc3)cccc21. The first kappa shape index (κ1) is 40.1. The predicted octanol–water partition coefficient (Wildman–Crippen LogP) is 17.5. The van der Waals surface area contributed by atoms with Crippen molar-refractivity contribution in [1.29, 1.82) is 0 Å². The van der Waals surface area contributed by atoms with E-state index in [9.17, 15) is 0 Å². The molecule has 0 radical (unpaired) electrons. The molecule has 0 bridgehead atoms. The van der Waals surface area contributed by atoms with Crippen molar-refractivity contribution in [2.24, 2.45) is 0 Å². The van der Waals surface area contributed by atoms with Gasteiger partial charge in [-0.25, -0.2) is 4.98 Å². The van der Waals surface area contributed by atoms with E-state index in [-0.39, 0.29) is 0 Å². The Bertz CT molecular complexity index is 4510. The van der Waals surface area contributed by atoms with Crippen molar-refractivity contribution < 1.29 is 4.42 Å². The quantitative estimate of drug-likeness (QED) is 0.167. The maximum absolute atomic E-state index is 6.54. The Hall–Kier alpha value is -9.71. The zero-order valence-corrected chi connectivity index (χ0v) is 39.4. The van der Waals surface area contributed by atoms with E-state index in [1.807, 2.05) is 6.07 Å². The molecule has 0 saturated carbocycles. The van der Waals surface area contributed by atoms with Gasteiger partial charge in [-0.3, -0.25) is 8.97 Å². The van der Waals surface area contributed by atoms with E-state index in [1.54, 1.807) is 0 Å². The highest BCUT2D eigenvalue weighted by Gasteiger charge is 2.52. The van der Waals surface area contributed by atoms with Crippen LogP contribution >= 0.6 is 0 Å². The number of benzene rings is 11. The molecule has 340 valence electrons. The van der Waals surface area contributed by atoms with Crippen LogP contribution in [0.3, 0.4) is 0 Å². The molecular weight excluding hydrogens is 889 g/mol. The lowest BCUT2D eigenvalue weighted by atomic mass is 9.70. The highest BCUT2D eigenvalue weighted by atomic mass is 16.3. The van der Waals surface area contributed by atoms with E-state index in [1.165, 1.54) is 44.5 Å². The van der Waals surface area contributed by atoms with Gasteiger partial charge in [-0.1, -0.05) is 182 Å². The fourth-order valence-electron chi connectivity index (χ4n) is 12.7. The summed E-state index contributed by atoms with van der Waals surface area (Å²) in [7, 11) is 0. The van der Waals surface area contributed by atoms with Gasteiger partial charge in [0.05, 0.1) is 33.2 Å². The first-order chi connectivity index (χ1) is 36.2. The second kappa shape index (κ2) is 15.1. The predicted molar refractivity (Wildman–Crippen MR) is 299 cm³/mol. The van der Waals surface area contributed by atoms with Crippen LogP contribution in [-0.2, 0) is 5.41 Å². The van der Waals surface area contributed by atoms with Crippen molar-refractivity contribution in [3.05, 3.63) is 277 Å². The van der Waals surface area contributed by atoms with Crippen molar-refractivity contribution in [2.75, 3.05) is 4.90 Å². The van der Waals surface area contributed by atoms with Crippen LogP contribution in [0.15, 0.2) is 259 Å². The Morgan fingerprint density at radius 2 is 0.904 bits per heavy atom. The Balaban J connectivity index is 0.845. The average Bonchev–Trinajstić information content (AvgIpc) is 4.32. The molecule has 0 atom stereocenters. The summed E-state index contributed by atoms with van der Waals surface area (Å²) in [6, 6.07) is 92.8. The van der Waals surface area contributed by atoms with Gasteiger partial charge in [0.25, 0.3) is 0 Å². The van der Waals surface area contributed by atoms with Gasteiger partial charge in [0, 0.05) is 39.0 Å². The number of anilines is 3. The Kier molecular flexibility index (Phi) is 8.31. The van der Waals surface area contributed by atoms with Crippen LogP contribution < -0.4 is 4.90 Å². The van der Waals surface area contributed by atoms with E-state index in [2.05, 4.69) is 263 Å². The number of hydrogen-bond donors (Lipinski definition) is 0. The summed E-state index contributed by atoms with van der Waals surface area (Å²) in [4.78, 5) is 7.57. The summed E-state index contributed by atoms with van der Waals surface area (Å²) < 4.78 is 11.1. The molecule has 3 aromatic heterocycles. The standard InChI is InChI=1S/C68H42N4O/c1-5-21-55-50(15-1)51-16-2-6-22-56(51)68(55)57-23-7-3-18-54(57)65-58(68)24-14-29-63(65)70(47-41-35-45(36-42-47)49-19-13-20-53-52-17-4-12-30-64(52)73-66(49)53)46-37-31-43(32-38-46)44-33-39-48(40-34-44)71-61-27-10-11-28-62(61)72-60-26-9-8-25-59(60)69-67(71)72/h1-42H. The van der Waals surface area contributed by atoms with Gasteiger partial charge in [-0.05, 0) is 128 Å². The molecule has 2 aliphatic rings. The summed E-state index contributed by atoms with van der Waals surface area (Å²) in [5.41, 5.74) is 24.8. The second-order valence-electron chi connectivity index (χ2n) is 19.4. The topological polar surface area (TPSA) is 38.6 Å². The second-order valence-corrected chi connectivity index (χ2v) is 19.4. The Morgan fingerprint density at radius 1 is 0.384 bits per heavy atom. The molecule has 3 heterocycles. The molecule has 16 rings (SSSR count). The molecule has 11 aromatic carbocycles. The largest absolute Gasteiger partial charge is 0.455 e. The highest BCUT2D eigenvalue weighted by Crippen LogP contribution is 2.64. The van der Waals surface area contributed by atoms with Gasteiger partial charge in [0.2, 0.25) is 5.78 Å². The zero-order chi connectivity index (χ0) is 47.8. The van der Waals surface area contributed by atoms with Crippen LogP contribution in [0, 0.1) is 0 Å². The first-order valence-electron chi connectivity index (χ1n) is 25.0. The van der Waals surface area contributed by atoms with Crippen LogP contribution in [0.2, 0.25) is 0 Å². The third-order valence-corrected chi connectivity index (χ3v) is 15.8. The number of furan rings is 1. The first-order valence-corrected chi connectivity index (χ1v) is 25.0. The average molecular weight is 931 g/mol. The molecule has 0 unspecified atom stereocenters. The van der Waals surface area contributed by atoms with E-state index in [0.717, 1.165) is 94.8 Å². The van der Waals surface area contributed by atoms with E-state index in [0.29, 0.717) is 0 Å². The van der Waals surface area contributed by atoms with Gasteiger partial charge >= 0.3 is 0 Å². The molecule has 1 spiro atoms. The summed E-state index contributed by atoms with van der Waals surface area (Å²) >= 11 is 0. The number of imidazole rings is 2. The third-order valence-electron chi connectivity index (χ3n) is 15.8. The monoisotopic (exact) mass is 930 g/mol. The summed E-state index contributed by atoms with van der Waals surface area (Å²) in [5.74, 6) is 0.904. The lowest BCUT2D eigenvalue weighted by Crippen LogP contribution is -2.26. The maximum Gasteiger partial charge on any atom is 0.220 e. The lowest BCUT2D eigenvalue weighted by molar-refractivity contribution is 0.670. The van der Waals surface area contributed by atoms with Gasteiger partial charge in [-0.2, -0.15) is 0 Å². The summed E-state index contributed by atoms with van der Waals surface area (Å²) in [6.45, 7) is 0.